The number of carbonyl (C=O) groups is 2. The summed E-state index contributed by atoms with van der Waals surface area (Å²) < 4.78 is 7.21. The number of aliphatic hydroxyl groups is 2. The number of aromatic nitrogens is 2. The van der Waals surface area contributed by atoms with E-state index in [1.807, 2.05) is 0 Å². The van der Waals surface area contributed by atoms with Gasteiger partial charge in [0.25, 0.3) is 22.9 Å². The fourth-order valence-corrected chi connectivity index (χ4v) is 7.12. The van der Waals surface area contributed by atoms with Crippen molar-refractivity contribution < 1.29 is 60.3 Å². The number of pyridine rings is 2. The van der Waals surface area contributed by atoms with Crippen LogP contribution in [0.4, 0.5) is 11.4 Å². The van der Waals surface area contributed by atoms with Gasteiger partial charge in [-0.1, -0.05) is 47.5 Å². The summed E-state index contributed by atoms with van der Waals surface area (Å²) in [5.74, 6) is -14.3. The Morgan fingerprint density at radius 3 is 1.71 bits per heavy atom. The highest BCUT2D eigenvalue weighted by molar-refractivity contribution is 6.39. The lowest BCUT2D eigenvalue weighted by atomic mass is 10.1. The molecule has 2 aromatic heterocycles. The molecule has 0 radical (unpaired) electrons. The van der Waals surface area contributed by atoms with Crippen LogP contribution in [0.1, 0.15) is 34.6 Å². The van der Waals surface area contributed by atoms with E-state index >= 15 is 0 Å². The zero-order valence-corrected chi connectivity index (χ0v) is 32.0. The van der Waals surface area contributed by atoms with Crippen LogP contribution in [-0.4, -0.2) is 79.4 Å². The van der Waals surface area contributed by atoms with Crippen LogP contribution in [0.25, 0.3) is 21.8 Å². The molecule has 0 aliphatic carbocycles. The number of nitrogens with zero attached hydrogens (tertiary/aromatic N) is 4. The summed E-state index contributed by atoms with van der Waals surface area (Å²) in [6.07, 6.45) is 0. The van der Waals surface area contributed by atoms with Crippen molar-refractivity contribution in [1.82, 2.24) is 9.13 Å². The minimum absolute atomic E-state index is 0.0729. The highest BCUT2D eigenvalue weighted by atomic mass is 35.5. The number of amides is 2. The lowest BCUT2D eigenvalue weighted by Crippen LogP contribution is -2.51. The van der Waals surface area contributed by atoms with Gasteiger partial charge in [-0.2, -0.15) is 0 Å². The third-order valence-corrected chi connectivity index (χ3v) is 10.0. The molecule has 2 heterocycles. The van der Waals surface area contributed by atoms with Gasteiger partial charge in [-0.25, -0.2) is 0 Å². The molecular formula is C38H32Cl2N4O14. The molecule has 20 heteroatoms. The number of benzene rings is 4. The summed E-state index contributed by atoms with van der Waals surface area (Å²) in [5.41, 5.74) is -5.35. The molecule has 2 amide bonds. The minimum Gasteiger partial charge on any atom is -0.506 e. The third kappa shape index (κ3) is 6.24. The molecule has 4 aromatic carbocycles. The number of phenolic OH excluding ortho intramolecular Hbond substituents is 5. The number of ether oxygens (including phenoxy) is 1. The maximum absolute atomic E-state index is 14.1. The van der Waals surface area contributed by atoms with Gasteiger partial charge in [0.15, 0.2) is 23.0 Å². The Morgan fingerprint density at radius 2 is 1.17 bits per heavy atom. The molecule has 0 aliphatic heterocycles. The van der Waals surface area contributed by atoms with E-state index in [2.05, 4.69) is 0 Å². The first-order chi connectivity index (χ1) is 27.2. The Bertz CT molecular complexity index is 2850. The largest absolute Gasteiger partial charge is 0.506 e. The van der Waals surface area contributed by atoms with E-state index in [9.17, 15) is 65.1 Å². The molecule has 6 aromatic rings. The average Bonchev–Trinajstić information content (AvgIpc) is 3.17. The number of anilines is 2. The molecule has 0 spiro atoms. The number of fused-ring (bicyclic) bond motifs is 2. The van der Waals surface area contributed by atoms with Crippen molar-refractivity contribution in [3.05, 3.63) is 96.5 Å². The second-order valence-electron chi connectivity index (χ2n) is 12.9. The normalized spacial score (nSPS) is 11.6. The summed E-state index contributed by atoms with van der Waals surface area (Å²) in [6.45, 7) is 2.43. The first-order valence-electron chi connectivity index (χ1n) is 16.8. The fourth-order valence-electron chi connectivity index (χ4n) is 6.54. The topological polar surface area (TPSA) is 276 Å². The summed E-state index contributed by atoms with van der Waals surface area (Å²) in [6, 6.07) is 12.8. The van der Waals surface area contributed by atoms with Crippen molar-refractivity contribution in [2.24, 2.45) is 14.1 Å². The van der Waals surface area contributed by atoms with Crippen LogP contribution in [0.15, 0.2) is 64.2 Å². The van der Waals surface area contributed by atoms with Crippen molar-refractivity contribution in [3.63, 3.8) is 0 Å². The second-order valence-corrected chi connectivity index (χ2v) is 13.7. The van der Waals surface area contributed by atoms with Crippen molar-refractivity contribution in [2.45, 2.75) is 19.8 Å². The van der Waals surface area contributed by atoms with E-state index in [-0.39, 0.29) is 17.2 Å². The number of phenols is 5. The highest BCUT2D eigenvalue weighted by Crippen LogP contribution is 2.52. The van der Waals surface area contributed by atoms with Crippen molar-refractivity contribution >= 4 is 68.2 Å². The van der Waals surface area contributed by atoms with Crippen LogP contribution < -0.4 is 25.7 Å². The van der Waals surface area contributed by atoms with Crippen LogP contribution in [-0.2, 0) is 14.1 Å². The van der Waals surface area contributed by atoms with Crippen molar-refractivity contribution in [1.29, 1.82) is 0 Å². The molecule has 0 aliphatic rings. The van der Waals surface area contributed by atoms with E-state index in [4.69, 9.17) is 27.9 Å². The number of hydrogen-bond donors (Lipinski definition) is 9. The predicted molar refractivity (Wildman–Crippen MR) is 210 cm³/mol. The molecule has 0 unspecified atom stereocenters. The number of aryl methyl sites for hydroxylation is 2. The van der Waals surface area contributed by atoms with Crippen molar-refractivity contribution in [3.8, 4) is 51.7 Å². The number of rotatable bonds is 8. The molecule has 9 N–H and O–H groups in total. The molecule has 58 heavy (non-hydrogen) atoms. The molecule has 0 bridgehead atoms. The molecule has 0 saturated heterocycles. The maximum atomic E-state index is 14.1. The van der Waals surface area contributed by atoms with E-state index in [1.165, 1.54) is 17.0 Å². The van der Waals surface area contributed by atoms with Gasteiger partial charge in [0.1, 0.15) is 44.4 Å². The Labute approximate surface area is 335 Å². The molecule has 0 atom stereocenters. The SMILES string of the molecule is CCN(C(=O)c1c(O)c2c(Cl)c(Oc3cccc(N(C(=O)c4c(O)c5c(Cl)c(O)c(O)c(O)c5n(C)c4=O)C(C)(O)O)c3)c(O)c(O)c2n(C)c1=O)c1ccccc1. The van der Waals surface area contributed by atoms with Crippen LogP contribution in [0, 0.1) is 0 Å². The number of halogens is 2. The first-order valence-corrected chi connectivity index (χ1v) is 17.5. The highest BCUT2D eigenvalue weighted by Gasteiger charge is 2.39. The Balaban J connectivity index is 1.49. The fraction of sp³-hybridized carbons (Fsp3) is 0.158. The van der Waals surface area contributed by atoms with Crippen molar-refractivity contribution in [2.75, 3.05) is 16.3 Å². The summed E-state index contributed by atoms with van der Waals surface area (Å²) >= 11 is 12.8. The predicted octanol–water partition coefficient (Wildman–Crippen LogP) is 4.40. The number of aromatic hydroxyl groups is 7. The molecular weight excluding hydrogens is 807 g/mol. The first kappa shape index (κ1) is 40.8. The summed E-state index contributed by atoms with van der Waals surface area (Å²) in [5, 5.41) is 94.7. The van der Waals surface area contributed by atoms with Gasteiger partial charge in [-0.05, 0) is 31.2 Å². The van der Waals surface area contributed by atoms with E-state index in [0.29, 0.717) is 10.3 Å². The van der Waals surface area contributed by atoms with Gasteiger partial charge >= 0.3 is 0 Å². The van der Waals surface area contributed by atoms with Crippen LogP contribution >= 0.6 is 23.2 Å². The van der Waals surface area contributed by atoms with Gasteiger partial charge < -0.3 is 64.7 Å². The maximum Gasteiger partial charge on any atom is 0.271 e. The lowest BCUT2D eigenvalue weighted by molar-refractivity contribution is -0.138. The molecule has 302 valence electrons. The standard InChI is InChI=1S/C38H32Cl2N4O14/c1-5-43(15-10-7-6-8-11-15)36(54)20-27(46)19-23(40)33(32(51)30(49)25(19)42(4)34(20)52)58-17-13-9-12-16(14-17)44(38(2,56)57)37(55)21-26(45)18-22(39)28(47)31(50)29(48)24(18)41(3)35(21)53/h6-14,45-51,56-57H,5H2,1-4H3. The van der Waals surface area contributed by atoms with Gasteiger partial charge in [0.05, 0.1) is 21.5 Å². The molecule has 18 nitrogen and oxygen atoms in total. The number of carbonyl (C=O) groups excluding carboxylic acids is 2. The monoisotopic (exact) mass is 838 g/mol. The van der Waals surface area contributed by atoms with Crippen LogP contribution in [0.5, 0.6) is 51.7 Å². The van der Waals surface area contributed by atoms with Gasteiger partial charge in [0.2, 0.25) is 17.4 Å². The Kier molecular flexibility index (Phi) is 10.3. The average molecular weight is 840 g/mol. The van der Waals surface area contributed by atoms with E-state index in [0.717, 1.165) is 37.7 Å². The Hall–Kier alpha value is -6.86. The lowest BCUT2D eigenvalue weighted by Gasteiger charge is -2.32. The quantitative estimate of drug-likeness (QED) is 0.0760. The Morgan fingerprint density at radius 1 is 0.672 bits per heavy atom. The van der Waals surface area contributed by atoms with Crippen LogP contribution in [0.3, 0.4) is 0 Å². The summed E-state index contributed by atoms with van der Waals surface area (Å²) in [4.78, 5) is 56.3. The third-order valence-electron chi connectivity index (χ3n) is 9.29. The van der Waals surface area contributed by atoms with Gasteiger partial charge in [0, 0.05) is 39.3 Å². The van der Waals surface area contributed by atoms with Gasteiger partial charge in [-0.15, -0.1) is 0 Å². The second kappa shape index (κ2) is 14.6. The smallest absolute Gasteiger partial charge is 0.271 e. The molecule has 0 fully saturated rings. The van der Waals surface area contributed by atoms with Crippen LogP contribution in [0.2, 0.25) is 10.0 Å². The molecule has 6 rings (SSSR count). The van der Waals surface area contributed by atoms with Gasteiger partial charge in [-0.3, -0.25) is 24.1 Å². The minimum atomic E-state index is -3.15. The number of para-hydroxylation sites is 1. The van der Waals surface area contributed by atoms with E-state index in [1.54, 1.807) is 37.3 Å². The summed E-state index contributed by atoms with van der Waals surface area (Å²) in [7, 11) is 2.19. The zero-order chi connectivity index (χ0) is 42.9. The van der Waals surface area contributed by atoms with E-state index < -0.39 is 124 Å². The zero-order valence-electron chi connectivity index (χ0n) is 30.5. The number of hydrogen-bond acceptors (Lipinski definition) is 14. The molecule has 0 saturated carbocycles.